The molecule has 200 valence electrons. The SMILES string of the molecule is COc1c2n(c3c4nn(c(=O)c13)Cc1ccc(F)cc1OCCCCCNC4=O)[C@@H](C)CN(C1CC1)C2=O. The molecular formula is C27H30FN5O5. The third-order valence-electron chi connectivity index (χ3n) is 7.54. The van der Waals surface area contributed by atoms with E-state index < -0.39 is 17.3 Å². The molecule has 10 nitrogen and oxygen atoms in total. The monoisotopic (exact) mass is 523 g/mol. The zero-order valence-corrected chi connectivity index (χ0v) is 21.5. The van der Waals surface area contributed by atoms with Crippen molar-refractivity contribution in [3.8, 4) is 11.5 Å². The summed E-state index contributed by atoms with van der Waals surface area (Å²) in [7, 11) is 1.42. The van der Waals surface area contributed by atoms with Crippen molar-refractivity contribution in [2.24, 2.45) is 0 Å². The first-order valence-electron chi connectivity index (χ1n) is 13.1. The van der Waals surface area contributed by atoms with Crippen molar-refractivity contribution in [2.45, 2.75) is 57.7 Å². The standard InChI is InChI=1S/C27H30FN5O5/c1-15-13-31(18-8-9-18)27(36)23-24(37-2)20-22(33(15)23)21-25(34)29-10-4-3-5-11-38-19-12-17(28)7-6-16(19)14-32(30-21)26(20)35/h6-7,12,15,18H,3-5,8-11,13-14H2,1-2H3,(H,29,34)/t15-/m0/s1. The van der Waals surface area contributed by atoms with Crippen LogP contribution in [0.2, 0.25) is 0 Å². The molecule has 11 heteroatoms. The Morgan fingerprint density at radius 2 is 1.97 bits per heavy atom. The number of nitrogens with one attached hydrogen (secondary N) is 1. The van der Waals surface area contributed by atoms with Crippen molar-refractivity contribution in [3.63, 3.8) is 0 Å². The highest BCUT2D eigenvalue weighted by atomic mass is 19.1. The molecule has 38 heavy (non-hydrogen) atoms. The quantitative estimate of drug-likeness (QED) is 0.554. The van der Waals surface area contributed by atoms with Gasteiger partial charge >= 0.3 is 0 Å². The van der Waals surface area contributed by atoms with Gasteiger partial charge in [-0.3, -0.25) is 14.4 Å². The van der Waals surface area contributed by atoms with Crippen LogP contribution in [0.3, 0.4) is 0 Å². The number of fused-ring (bicyclic) bond motifs is 7. The van der Waals surface area contributed by atoms with E-state index in [1.54, 1.807) is 10.6 Å². The Morgan fingerprint density at radius 3 is 2.74 bits per heavy atom. The lowest BCUT2D eigenvalue weighted by Crippen LogP contribution is -2.43. The van der Waals surface area contributed by atoms with Crippen LogP contribution in [-0.4, -0.2) is 63.9 Å². The van der Waals surface area contributed by atoms with E-state index in [1.165, 1.54) is 23.9 Å². The number of rotatable bonds is 2. The first-order chi connectivity index (χ1) is 18.4. The van der Waals surface area contributed by atoms with Crippen molar-refractivity contribution in [2.75, 3.05) is 26.8 Å². The lowest BCUT2D eigenvalue weighted by atomic mass is 10.1. The van der Waals surface area contributed by atoms with Gasteiger partial charge in [-0.15, -0.1) is 0 Å². The van der Waals surface area contributed by atoms with Crippen LogP contribution in [0.1, 0.15) is 71.6 Å². The Hall–Kier alpha value is -3.89. The zero-order valence-electron chi connectivity index (χ0n) is 21.5. The largest absolute Gasteiger partial charge is 0.493 e. The number of ether oxygens (including phenoxy) is 2. The Bertz CT molecular complexity index is 1510. The Labute approximate surface area is 218 Å². The topological polar surface area (TPSA) is 108 Å². The second kappa shape index (κ2) is 9.45. The van der Waals surface area contributed by atoms with E-state index in [0.29, 0.717) is 42.9 Å². The lowest BCUT2D eigenvalue weighted by Gasteiger charge is -2.33. The van der Waals surface area contributed by atoms with Crippen molar-refractivity contribution in [1.29, 1.82) is 0 Å². The minimum Gasteiger partial charge on any atom is -0.493 e. The van der Waals surface area contributed by atoms with E-state index in [9.17, 15) is 18.8 Å². The van der Waals surface area contributed by atoms with Crippen LogP contribution in [-0.2, 0) is 6.54 Å². The maximum absolute atomic E-state index is 14.1. The zero-order chi connectivity index (χ0) is 26.6. The van der Waals surface area contributed by atoms with Crippen LogP contribution < -0.4 is 20.3 Å². The van der Waals surface area contributed by atoms with Gasteiger partial charge in [0.1, 0.15) is 17.0 Å². The molecule has 0 unspecified atom stereocenters. The molecule has 0 saturated heterocycles. The average Bonchev–Trinajstić information content (AvgIpc) is 3.68. The van der Waals surface area contributed by atoms with Gasteiger partial charge < -0.3 is 24.3 Å². The number of halogens is 1. The Kier molecular flexibility index (Phi) is 6.08. The molecule has 1 fully saturated rings. The predicted molar refractivity (Wildman–Crippen MR) is 136 cm³/mol. The summed E-state index contributed by atoms with van der Waals surface area (Å²) in [6.07, 6.45) is 4.16. The molecule has 1 atom stereocenters. The van der Waals surface area contributed by atoms with Gasteiger partial charge in [-0.2, -0.15) is 5.10 Å². The van der Waals surface area contributed by atoms with Gasteiger partial charge in [0, 0.05) is 36.8 Å². The summed E-state index contributed by atoms with van der Waals surface area (Å²) in [5, 5.41) is 7.57. The minimum absolute atomic E-state index is 0.0466. The fraction of sp³-hybridized carbons (Fsp3) is 0.481. The van der Waals surface area contributed by atoms with Crippen molar-refractivity contribution in [3.05, 3.63) is 51.3 Å². The Morgan fingerprint density at radius 1 is 1.16 bits per heavy atom. The average molecular weight is 524 g/mol. The van der Waals surface area contributed by atoms with Crippen molar-refractivity contribution >= 4 is 22.7 Å². The molecule has 0 radical (unpaired) electrons. The Balaban J connectivity index is 1.60. The highest BCUT2D eigenvalue weighted by Gasteiger charge is 2.43. The van der Waals surface area contributed by atoms with Gasteiger partial charge in [0.25, 0.3) is 17.4 Å². The molecule has 2 bridgehead atoms. The van der Waals surface area contributed by atoms with Gasteiger partial charge in [0.15, 0.2) is 17.1 Å². The van der Waals surface area contributed by atoms with E-state index >= 15 is 0 Å². The number of carbonyl (C=O) groups excluding carboxylic acids is 2. The summed E-state index contributed by atoms with van der Waals surface area (Å²) in [5.41, 5.74) is 0.661. The van der Waals surface area contributed by atoms with E-state index in [2.05, 4.69) is 10.4 Å². The number of hydrogen-bond donors (Lipinski definition) is 1. The normalized spacial score (nSPS) is 20.3. The van der Waals surface area contributed by atoms with E-state index in [4.69, 9.17) is 9.47 Å². The predicted octanol–water partition coefficient (Wildman–Crippen LogP) is 2.87. The second-order valence-corrected chi connectivity index (χ2v) is 10.2. The van der Waals surface area contributed by atoms with Crippen molar-refractivity contribution < 1.29 is 23.5 Å². The fourth-order valence-electron chi connectivity index (χ4n) is 5.55. The molecule has 2 aliphatic heterocycles. The number of aromatic nitrogens is 3. The van der Waals surface area contributed by atoms with Crippen LogP contribution in [0.5, 0.6) is 11.5 Å². The number of nitrogens with zero attached hydrogens (tertiary/aromatic N) is 4. The number of hydrogen-bond acceptors (Lipinski definition) is 6. The molecule has 1 N–H and O–H groups in total. The molecule has 0 spiro atoms. The van der Waals surface area contributed by atoms with Gasteiger partial charge in [-0.25, -0.2) is 9.07 Å². The van der Waals surface area contributed by atoms with Gasteiger partial charge in [0.05, 0.1) is 25.8 Å². The second-order valence-electron chi connectivity index (χ2n) is 10.2. The van der Waals surface area contributed by atoms with Gasteiger partial charge in [0.2, 0.25) is 0 Å². The summed E-state index contributed by atoms with van der Waals surface area (Å²) in [4.78, 5) is 42.9. The number of methoxy groups -OCH3 is 1. The molecule has 1 aliphatic carbocycles. The molecule has 3 aromatic rings. The van der Waals surface area contributed by atoms with Crippen molar-refractivity contribution in [1.82, 2.24) is 24.6 Å². The molecule has 6 rings (SSSR count). The number of benzene rings is 1. The third-order valence-corrected chi connectivity index (χ3v) is 7.54. The van der Waals surface area contributed by atoms with E-state index in [-0.39, 0.29) is 47.1 Å². The summed E-state index contributed by atoms with van der Waals surface area (Å²) >= 11 is 0. The third kappa shape index (κ3) is 4.00. The highest BCUT2D eigenvalue weighted by Crippen LogP contribution is 2.41. The van der Waals surface area contributed by atoms with E-state index in [1.807, 2.05) is 11.8 Å². The van der Waals surface area contributed by atoms with Crippen LogP contribution in [0, 0.1) is 5.82 Å². The molecule has 2 amide bonds. The smallest absolute Gasteiger partial charge is 0.280 e. The first kappa shape index (κ1) is 24.4. The fourth-order valence-corrected chi connectivity index (χ4v) is 5.55. The summed E-state index contributed by atoms with van der Waals surface area (Å²) < 4.78 is 28.5. The van der Waals surface area contributed by atoms with Crippen LogP contribution >= 0.6 is 0 Å². The molecule has 3 aliphatic rings. The number of amides is 2. The maximum Gasteiger partial charge on any atom is 0.280 e. The van der Waals surface area contributed by atoms with Crippen LogP contribution in [0.4, 0.5) is 4.39 Å². The lowest BCUT2D eigenvalue weighted by molar-refractivity contribution is 0.0659. The maximum atomic E-state index is 14.1. The van der Waals surface area contributed by atoms with Crippen LogP contribution in [0.15, 0.2) is 23.0 Å². The summed E-state index contributed by atoms with van der Waals surface area (Å²) in [6.45, 7) is 3.19. The molecular weight excluding hydrogens is 493 g/mol. The van der Waals surface area contributed by atoms with E-state index in [0.717, 1.165) is 25.7 Å². The highest BCUT2D eigenvalue weighted by molar-refractivity contribution is 6.11. The van der Waals surface area contributed by atoms with Crippen LogP contribution in [0.25, 0.3) is 10.9 Å². The first-order valence-corrected chi connectivity index (χ1v) is 13.1. The number of carbonyl (C=O) groups is 2. The molecule has 2 aromatic heterocycles. The molecule has 1 aromatic carbocycles. The van der Waals surface area contributed by atoms with Gasteiger partial charge in [-0.05, 0) is 45.1 Å². The van der Waals surface area contributed by atoms with Gasteiger partial charge in [-0.1, -0.05) is 6.07 Å². The molecule has 4 heterocycles. The summed E-state index contributed by atoms with van der Waals surface area (Å²) in [5.74, 6) is -0.613. The summed E-state index contributed by atoms with van der Waals surface area (Å²) in [6, 6.07) is 4.14. The molecule has 1 saturated carbocycles. The minimum atomic E-state index is -0.504.